The van der Waals surface area contributed by atoms with Gasteiger partial charge in [0.2, 0.25) is 15.7 Å². The van der Waals surface area contributed by atoms with Gasteiger partial charge in [-0.25, -0.2) is 8.42 Å². The number of hydrogen-bond acceptors (Lipinski definition) is 8. The molecule has 0 saturated heterocycles. The molecule has 11 nitrogen and oxygen atoms in total. The minimum absolute atomic E-state index is 0.0446. The molecule has 3 rings (SSSR count). The summed E-state index contributed by atoms with van der Waals surface area (Å²) in [5, 5.41) is 9.43. The lowest BCUT2D eigenvalue weighted by Crippen LogP contribution is -2.55. The van der Waals surface area contributed by atoms with Crippen LogP contribution in [0.5, 0.6) is 0 Å². The average Bonchev–Trinajstić information content (AvgIpc) is 2.91. The summed E-state index contributed by atoms with van der Waals surface area (Å²) in [7, 11) is -1.78. The first-order valence-electron chi connectivity index (χ1n) is 11.5. The maximum Gasteiger partial charge on any atom is 0.325 e. The van der Waals surface area contributed by atoms with Gasteiger partial charge in [-0.1, -0.05) is 54.6 Å². The lowest BCUT2D eigenvalue weighted by molar-refractivity contribution is -0.147. The van der Waals surface area contributed by atoms with E-state index in [1.165, 1.54) is 26.3 Å². The average molecular weight is 540 g/mol. The van der Waals surface area contributed by atoms with E-state index < -0.39 is 39.0 Å². The third-order valence-electron chi connectivity index (χ3n) is 5.93. The fourth-order valence-corrected chi connectivity index (χ4v) is 4.94. The molecule has 2 atom stereocenters. The number of nitrogen functional groups attached to an aromatic ring is 1. The van der Waals surface area contributed by atoms with E-state index in [2.05, 4.69) is 10.1 Å². The molecule has 0 heterocycles. The maximum atomic E-state index is 13.2. The molecule has 0 saturated carbocycles. The Morgan fingerprint density at radius 2 is 1.66 bits per heavy atom. The summed E-state index contributed by atoms with van der Waals surface area (Å²) in [6.45, 7) is -0.383. The first-order chi connectivity index (χ1) is 17.9. The number of amides is 2. The summed E-state index contributed by atoms with van der Waals surface area (Å²) in [5.41, 5.74) is 12.4. The van der Waals surface area contributed by atoms with Crippen molar-refractivity contribution in [2.75, 3.05) is 20.7 Å². The smallest absolute Gasteiger partial charge is 0.325 e. The predicted molar refractivity (Wildman–Crippen MR) is 142 cm³/mol. The monoisotopic (exact) mass is 539 g/mol. The molecule has 3 aromatic rings. The lowest BCUT2D eigenvalue weighted by atomic mass is 10.0. The van der Waals surface area contributed by atoms with Gasteiger partial charge in [-0.05, 0) is 28.5 Å². The van der Waals surface area contributed by atoms with E-state index in [4.69, 9.17) is 16.9 Å². The number of ether oxygens (including phenoxy) is 1. The van der Waals surface area contributed by atoms with Gasteiger partial charge in [0.05, 0.1) is 12.0 Å². The Balaban J connectivity index is 1.86. The normalized spacial score (nSPS) is 12.8. The molecule has 0 aliphatic heterocycles. The highest BCUT2D eigenvalue weighted by Crippen LogP contribution is 2.21. The number of hydrogen-bond donors (Lipinski definition) is 4. The summed E-state index contributed by atoms with van der Waals surface area (Å²) >= 11 is 0. The second kappa shape index (κ2) is 11.8. The van der Waals surface area contributed by atoms with Crippen LogP contribution in [0.4, 0.5) is 0 Å². The molecular formula is C26H29N5O6S. The predicted octanol–water partition coefficient (Wildman–Crippen LogP) is 0.541. The van der Waals surface area contributed by atoms with E-state index in [0.717, 1.165) is 10.3 Å². The molecule has 0 radical (unpaired) electrons. The summed E-state index contributed by atoms with van der Waals surface area (Å²) < 4.78 is 30.9. The van der Waals surface area contributed by atoms with Gasteiger partial charge in [-0.3, -0.25) is 19.8 Å². The zero-order chi connectivity index (χ0) is 28.0. The highest BCUT2D eigenvalue weighted by atomic mass is 32.2. The molecule has 6 N–H and O–H groups in total. The lowest BCUT2D eigenvalue weighted by Gasteiger charge is -2.25. The number of likely N-dealkylation sites (N-methyl/N-ethyl adjacent to an activating group) is 1. The minimum Gasteiger partial charge on any atom is -0.468 e. The summed E-state index contributed by atoms with van der Waals surface area (Å²) in [6.07, 6.45) is -0.0446. The number of nitrogens with two attached hydrogens (primary N) is 2. The first kappa shape index (κ1) is 28.3. The molecule has 2 amide bonds. The molecule has 0 aliphatic carbocycles. The van der Waals surface area contributed by atoms with Crippen molar-refractivity contribution in [3.63, 3.8) is 0 Å². The Kier molecular flexibility index (Phi) is 8.81. The van der Waals surface area contributed by atoms with Gasteiger partial charge in [0.1, 0.15) is 18.4 Å². The molecule has 0 aromatic heterocycles. The van der Waals surface area contributed by atoms with Crippen molar-refractivity contribution >= 4 is 44.2 Å². The summed E-state index contributed by atoms with van der Waals surface area (Å²) in [5.74, 6) is -2.55. The number of nitrogens with zero attached hydrogens (tertiary/aromatic N) is 1. The van der Waals surface area contributed by atoms with Crippen LogP contribution in [0.1, 0.15) is 11.1 Å². The second-order valence-corrected chi connectivity index (χ2v) is 10.7. The van der Waals surface area contributed by atoms with Crippen molar-refractivity contribution < 1.29 is 27.5 Å². The largest absolute Gasteiger partial charge is 0.468 e. The third-order valence-corrected chi connectivity index (χ3v) is 7.73. The number of nitrogens with one attached hydrogen (secondary N) is 2. The zero-order valence-electron chi connectivity index (χ0n) is 20.9. The molecule has 1 unspecified atom stereocenters. The van der Waals surface area contributed by atoms with Crippen molar-refractivity contribution in [3.8, 4) is 0 Å². The van der Waals surface area contributed by atoms with Crippen LogP contribution < -0.4 is 16.8 Å². The quantitative estimate of drug-likeness (QED) is 0.163. The van der Waals surface area contributed by atoms with E-state index >= 15 is 0 Å². The molecule has 200 valence electrons. The van der Waals surface area contributed by atoms with Gasteiger partial charge >= 0.3 is 5.97 Å². The Morgan fingerprint density at radius 1 is 1.03 bits per heavy atom. The number of methoxy groups -OCH3 is 1. The topological polar surface area (TPSA) is 186 Å². The molecule has 12 heteroatoms. The van der Waals surface area contributed by atoms with Gasteiger partial charge < -0.3 is 26.4 Å². The number of fused-ring (bicyclic) bond motifs is 1. The number of rotatable bonds is 10. The zero-order valence-corrected chi connectivity index (χ0v) is 21.7. The Morgan fingerprint density at radius 3 is 2.26 bits per heavy atom. The van der Waals surface area contributed by atoms with E-state index in [0.29, 0.717) is 16.5 Å². The molecular weight excluding hydrogens is 510 g/mol. The van der Waals surface area contributed by atoms with E-state index in [1.54, 1.807) is 42.5 Å². The van der Waals surface area contributed by atoms with Crippen LogP contribution in [0.25, 0.3) is 10.8 Å². The van der Waals surface area contributed by atoms with Crippen molar-refractivity contribution in [3.05, 3.63) is 77.9 Å². The Bertz CT molecular complexity index is 1470. The Hall–Kier alpha value is -4.29. The van der Waals surface area contributed by atoms with Gasteiger partial charge in [0.25, 0.3) is 5.91 Å². The number of esters is 1. The molecule has 0 spiro atoms. The van der Waals surface area contributed by atoms with Gasteiger partial charge in [-0.15, -0.1) is 0 Å². The van der Waals surface area contributed by atoms with Gasteiger partial charge in [0.15, 0.2) is 5.37 Å². The fraction of sp³-hybridized carbons (Fsp3) is 0.231. The fourth-order valence-electron chi connectivity index (χ4n) is 3.74. The van der Waals surface area contributed by atoms with Gasteiger partial charge in [-0.2, -0.15) is 0 Å². The van der Waals surface area contributed by atoms with Crippen LogP contribution in [0.15, 0.2) is 71.6 Å². The number of benzene rings is 3. The molecule has 0 fully saturated rings. The minimum atomic E-state index is -4.30. The third kappa shape index (κ3) is 6.52. The van der Waals surface area contributed by atoms with Crippen LogP contribution in [0, 0.1) is 5.41 Å². The van der Waals surface area contributed by atoms with Crippen molar-refractivity contribution in [1.29, 1.82) is 5.41 Å². The molecule has 3 aromatic carbocycles. The van der Waals surface area contributed by atoms with Crippen LogP contribution >= 0.6 is 0 Å². The van der Waals surface area contributed by atoms with Crippen molar-refractivity contribution in [2.45, 2.75) is 22.7 Å². The highest BCUT2D eigenvalue weighted by molar-refractivity contribution is 7.92. The van der Waals surface area contributed by atoms with Crippen molar-refractivity contribution in [2.24, 2.45) is 11.5 Å². The number of sulfone groups is 1. The number of carbonyl (C=O) groups excluding carboxylic acids is 3. The standard InChI is InChI=1S/C26H29N5O6S/c1-31(15-22(32)37-2)26(34)21(13-16-7-9-18(10-8-16)23(27)28)30-25(33)24(29)38(35,36)20-12-11-17-5-3-4-6-19(17)14-20/h3-12,14,21,24H,13,15,29H2,1-2H3,(H3,27,28)(H,30,33)/t21-,24?/m0/s1. The van der Waals surface area contributed by atoms with Crippen LogP contribution in [-0.2, 0) is 35.4 Å². The van der Waals surface area contributed by atoms with E-state index in [-0.39, 0.29) is 23.7 Å². The molecule has 0 bridgehead atoms. The summed E-state index contributed by atoms with van der Waals surface area (Å²) in [6, 6.07) is 16.7. The van der Waals surface area contributed by atoms with Crippen molar-refractivity contribution in [1.82, 2.24) is 10.2 Å². The summed E-state index contributed by atoms with van der Waals surface area (Å²) in [4.78, 5) is 38.8. The van der Waals surface area contributed by atoms with E-state index in [9.17, 15) is 22.8 Å². The number of amidine groups is 1. The second-order valence-electron chi connectivity index (χ2n) is 8.62. The number of carbonyl (C=O) groups is 3. The first-order valence-corrected chi connectivity index (χ1v) is 13.0. The molecule has 38 heavy (non-hydrogen) atoms. The maximum absolute atomic E-state index is 13.2. The molecule has 0 aliphatic rings. The van der Waals surface area contributed by atoms with E-state index in [1.807, 2.05) is 12.1 Å². The highest BCUT2D eigenvalue weighted by Gasteiger charge is 2.34. The van der Waals surface area contributed by atoms with Crippen LogP contribution in [0.3, 0.4) is 0 Å². The van der Waals surface area contributed by atoms with Crippen LogP contribution in [-0.4, -0.2) is 69.1 Å². The van der Waals surface area contributed by atoms with Crippen LogP contribution in [0.2, 0.25) is 0 Å². The Labute approximate surface area is 220 Å². The SMILES string of the molecule is COC(=O)CN(C)C(=O)[C@H](Cc1ccc(C(=N)N)cc1)NC(=O)C(N)S(=O)(=O)c1ccc2ccccc2c1. The van der Waals surface area contributed by atoms with Gasteiger partial charge in [0, 0.05) is 19.0 Å².